The number of hydrogen-bond acceptors (Lipinski definition) is 5. The van der Waals surface area contributed by atoms with E-state index in [2.05, 4.69) is 36.1 Å². The number of aliphatic hydroxyl groups is 1. The molecule has 0 spiro atoms. The van der Waals surface area contributed by atoms with Crippen molar-refractivity contribution in [2.45, 2.75) is 30.9 Å². The molecule has 24 heavy (non-hydrogen) atoms. The van der Waals surface area contributed by atoms with Crippen molar-refractivity contribution in [3.05, 3.63) is 60.1 Å². The summed E-state index contributed by atoms with van der Waals surface area (Å²) in [6, 6.07) is 14.6. The van der Waals surface area contributed by atoms with Crippen LogP contribution in [0, 0.1) is 0 Å². The van der Waals surface area contributed by atoms with E-state index in [1.54, 1.807) is 6.26 Å². The molecule has 1 N–H and O–H groups in total. The fourth-order valence-electron chi connectivity index (χ4n) is 3.23. The lowest BCUT2D eigenvalue weighted by Crippen LogP contribution is -2.44. The van der Waals surface area contributed by atoms with E-state index in [4.69, 9.17) is 9.15 Å². The summed E-state index contributed by atoms with van der Waals surface area (Å²) >= 11 is 2.00. The zero-order chi connectivity index (χ0) is 16.8. The molecular weight excluding hydrogens is 322 g/mol. The Hall–Kier alpha value is -1.27. The van der Waals surface area contributed by atoms with Crippen LogP contribution in [0.25, 0.3) is 0 Å². The van der Waals surface area contributed by atoms with Crippen molar-refractivity contribution in [1.29, 1.82) is 0 Å². The minimum Gasteiger partial charge on any atom is -0.467 e. The van der Waals surface area contributed by atoms with E-state index in [-0.39, 0.29) is 0 Å². The van der Waals surface area contributed by atoms with Crippen LogP contribution >= 0.6 is 11.8 Å². The van der Waals surface area contributed by atoms with Crippen molar-refractivity contribution in [1.82, 2.24) is 4.90 Å². The molecule has 0 saturated carbocycles. The summed E-state index contributed by atoms with van der Waals surface area (Å²) in [6.45, 7) is 4.61. The largest absolute Gasteiger partial charge is 0.467 e. The summed E-state index contributed by atoms with van der Waals surface area (Å²) in [7, 11) is 0. The summed E-state index contributed by atoms with van der Waals surface area (Å²) in [5, 5.41) is 10.9. The zero-order valence-corrected chi connectivity index (χ0v) is 14.8. The van der Waals surface area contributed by atoms with Crippen molar-refractivity contribution in [3.8, 4) is 0 Å². The highest BCUT2D eigenvalue weighted by Crippen LogP contribution is 2.35. The summed E-state index contributed by atoms with van der Waals surface area (Å²) in [6.07, 6.45) is 1.13. The number of thioether (sulfide) groups is 1. The minimum atomic E-state index is -0.499. The summed E-state index contributed by atoms with van der Waals surface area (Å²) in [5.41, 5.74) is 1.32. The first-order chi connectivity index (χ1) is 11.7. The molecule has 0 amide bonds. The van der Waals surface area contributed by atoms with Gasteiger partial charge in [0.05, 0.1) is 19.0 Å². The van der Waals surface area contributed by atoms with Gasteiger partial charge in [-0.15, -0.1) is 0 Å². The van der Waals surface area contributed by atoms with Gasteiger partial charge in [0, 0.05) is 30.1 Å². The van der Waals surface area contributed by atoms with Gasteiger partial charge in [-0.05, 0) is 17.7 Å². The third-order valence-electron chi connectivity index (χ3n) is 4.32. The standard InChI is InChI=1S/C19H25NO3S/c1-15-19(16-6-3-2-4-7-16)20(9-11-24-15)12-17(21)13-22-14-18-8-5-10-23-18/h2-8,10,15,17,19,21H,9,11-14H2,1H3. The Bertz CT molecular complexity index is 590. The highest BCUT2D eigenvalue weighted by Gasteiger charge is 2.31. The van der Waals surface area contributed by atoms with Gasteiger partial charge in [-0.25, -0.2) is 0 Å². The molecule has 1 fully saturated rings. The second-order valence-corrected chi connectivity index (χ2v) is 7.66. The Labute approximate surface area is 147 Å². The van der Waals surface area contributed by atoms with Crippen LogP contribution in [0.2, 0.25) is 0 Å². The quantitative estimate of drug-likeness (QED) is 0.832. The van der Waals surface area contributed by atoms with Crippen LogP contribution in [0.5, 0.6) is 0 Å². The van der Waals surface area contributed by atoms with Crippen LogP contribution in [0.4, 0.5) is 0 Å². The molecule has 5 heteroatoms. The van der Waals surface area contributed by atoms with Gasteiger partial charge >= 0.3 is 0 Å². The Balaban J connectivity index is 1.55. The van der Waals surface area contributed by atoms with E-state index >= 15 is 0 Å². The number of furan rings is 1. The van der Waals surface area contributed by atoms with Crippen molar-refractivity contribution >= 4 is 11.8 Å². The maximum absolute atomic E-state index is 10.4. The topological polar surface area (TPSA) is 45.8 Å². The highest BCUT2D eigenvalue weighted by molar-refractivity contribution is 8.00. The fraction of sp³-hybridized carbons (Fsp3) is 0.474. The molecule has 1 aromatic heterocycles. The first kappa shape index (κ1) is 17.5. The monoisotopic (exact) mass is 347 g/mol. The molecule has 0 aliphatic carbocycles. The number of hydrogen-bond donors (Lipinski definition) is 1. The lowest BCUT2D eigenvalue weighted by molar-refractivity contribution is -0.00170. The Morgan fingerprint density at radius 3 is 2.88 bits per heavy atom. The highest BCUT2D eigenvalue weighted by atomic mass is 32.2. The maximum atomic E-state index is 10.4. The Kier molecular flexibility index (Phi) is 6.37. The van der Waals surface area contributed by atoms with Gasteiger partial charge in [0.1, 0.15) is 12.4 Å². The molecular formula is C19H25NO3S. The van der Waals surface area contributed by atoms with Gasteiger partial charge in [0.15, 0.2) is 0 Å². The molecule has 130 valence electrons. The number of benzene rings is 1. The first-order valence-electron chi connectivity index (χ1n) is 8.43. The number of rotatable bonds is 7. The van der Waals surface area contributed by atoms with Gasteiger partial charge < -0.3 is 14.3 Å². The van der Waals surface area contributed by atoms with Crippen LogP contribution in [0.1, 0.15) is 24.3 Å². The molecule has 3 unspecified atom stereocenters. The fourth-order valence-corrected chi connectivity index (χ4v) is 4.46. The van der Waals surface area contributed by atoms with Crippen LogP contribution in [-0.4, -0.2) is 46.8 Å². The molecule has 4 nitrogen and oxygen atoms in total. The van der Waals surface area contributed by atoms with Crippen molar-refractivity contribution in [3.63, 3.8) is 0 Å². The number of β-amino-alcohol motifs (C(OH)–C–C–N with tert-alkyl or cyclic N) is 1. The molecule has 2 aromatic rings. The predicted octanol–water partition coefficient (Wildman–Crippen LogP) is 3.34. The summed E-state index contributed by atoms with van der Waals surface area (Å²) in [5.74, 6) is 1.89. The summed E-state index contributed by atoms with van der Waals surface area (Å²) in [4.78, 5) is 2.39. The van der Waals surface area contributed by atoms with Crippen molar-refractivity contribution < 1.29 is 14.3 Å². The third-order valence-corrected chi connectivity index (χ3v) is 5.52. The number of aliphatic hydroxyl groups excluding tert-OH is 1. The van der Waals surface area contributed by atoms with Gasteiger partial charge in [-0.3, -0.25) is 4.90 Å². The van der Waals surface area contributed by atoms with E-state index in [9.17, 15) is 5.11 Å². The van der Waals surface area contributed by atoms with E-state index in [0.29, 0.717) is 31.1 Å². The van der Waals surface area contributed by atoms with E-state index in [0.717, 1.165) is 18.1 Å². The predicted molar refractivity (Wildman–Crippen MR) is 97.0 cm³/mol. The van der Waals surface area contributed by atoms with Crippen molar-refractivity contribution in [2.75, 3.05) is 25.4 Å². The van der Waals surface area contributed by atoms with Crippen molar-refractivity contribution in [2.24, 2.45) is 0 Å². The molecule has 1 aromatic carbocycles. The second kappa shape index (κ2) is 8.72. The Morgan fingerprint density at radius 1 is 1.29 bits per heavy atom. The summed E-state index contributed by atoms with van der Waals surface area (Å²) < 4.78 is 10.8. The SMILES string of the molecule is CC1SCCN(CC(O)COCc2ccco2)C1c1ccccc1. The van der Waals surface area contributed by atoms with Gasteiger partial charge in [-0.2, -0.15) is 11.8 Å². The molecule has 3 atom stereocenters. The Morgan fingerprint density at radius 2 is 2.12 bits per heavy atom. The van der Waals surface area contributed by atoms with Crippen LogP contribution in [0.15, 0.2) is 53.1 Å². The second-order valence-electron chi connectivity index (χ2n) is 6.17. The molecule has 1 aliphatic rings. The lowest BCUT2D eigenvalue weighted by atomic mass is 10.0. The van der Waals surface area contributed by atoms with E-state index < -0.39 is 6.10 Å². The normalized spacial score (nSPS) is 23.2. The zero-order valence-electron chi connectivity index (χ0n) is 14.0. The molecule has 3 rings (SSSR count). The average Bonchev–Trinajstić information content (AvgIpc) is 3.09. The average molecular weight is 347 g/mol. The van der Waals surface area contributed by atoms with Gasteiger partial charge in [0.2, 0.25) is 0 Å². The smallest absolute Gasteiger partial charge is 0.129 e. The molecule has 1 aliphatic heterocycles. The first-order valence-corrected chi connectivity index (χ1v) is 9.47. The number of ether oxygens (including phenoxy) is 1. The number of nitrogens with zero attached hydrogens (tertiary/aromatic N) is 1. The molecule has 0 bridgehead atoms. The van der Waals surface area contributed by atoms with Gasteiger partial charge in [-0.1, -0.05) is 37.3 Å². The molecule has 0 radical (unpaired) electrons. The van der Waals surface area contributed by atoms with Crippen LogP contribution < -0.4 is 0 Å². The van der Waals surface area contributed by atoms with Crippen LogP contribution in [-0.2, 0) is 11.3 Å². The molecule has 1 saturated heterocycles. The van der Waals surface area contributed by atoms with E-state index in [1.165, 1.54) is 5.56 Å². The van der Waals surface area contributed by atoms with E-state index in [1.807, 2.05) is 30.0 Å². The minimum absolute atomic E-state index is 0.320. The molecule has 2 heterocycles. The third kappa shape index (κ3) is 4.63. The maximum Gasteiger partial charge on any atom is 0.129 e. The van der Waals surface area contributed by atoms with Crippen LogP contribution in [0.3, 0.4) is 0 Å². The van der Waals surface area contributed by atoms with Gasteiger partial charge in [0.25, 0.3) is 0 Å². The lowest BCUT2D eigenvalue weighted by Gasteiger charge is -2.40.